The van der Waals surface area contributed by atoms with Crippen molar-refractivity contribution >= 4 is 28.5 Å². The zero-order valence-corrected chi connectivity index (χ0v) is 17.1. The molecule has 4 rings (SSSR count). The summed E-state index contributed by atoms with van der Waals surface area (Å²) in [5.74, 6) is -0.259. The Hall–Kier alpha value is -3.26. The lowest BCUT2D eigenvalue weighted by atomic mass is 9.89. The Morgan fingerprint density at radius 3 is 2.71 bits per heavy atom. The summed E-state index contributed by atoms with van der Waals surface area (Å²) in [4.78, 5) is 26.8. The minimum absolute atomic E-state index is 0.0176. The first kappa shape index (κ1) is 21.0. The second-order valence-electron chi connectivity index (χ2n) is 7.77. The van der Waals surface area contributed by atoms with Gasteiger partial charge in [-0.15, -0.1) is 0 Å². The summed E-state index contributed by atoms with van der Waals surface area (Å²) in [5, 5.41) is 10.5. The molecule has 1 saturated heterocycles. The Morgan fingerprint density at radius 2 is 1.94 bits per heavy atom. The lowest BCUT2D eigenvalue weighted by Gasteiger charge is -2.31. The predicted molar refractivity (Wildman–Crippen MR) is 116 cm³/mol. The summed E-state index contributed by atoms with van der Waals surface area (Å²) in [6.07, 6.45) is 3.53. The van der Waals surface area contributed by atoms with Gasteiger partial charge in [0, 0.05) is 29.1 Å². The van der Waals surface area contributed by atoms with E-state index in [-0.39, 0.29) is 17.5 Å². The van der Waals surface area contributed by atoms with Crippen LogP contribution >= 0.6 is 0 Å². The number of hydrogen-bond acceptors (Lipinski definition) is 5. The van der Waals surface area contributed by atoms with E-state index in [4.69, 9.17) is 4.74 Å². The largest absolute Gasteiger partial charge is 0.449 e. The number of likely N-dealkylation sites (tertiary alicyclic amines) is 1. The molecule has 1 fully saturated rings. The molecule has 0 spiro atoms. The third kappa shape index (κ3) is 5.46. The number of amides is 1. The first-order valence-electron chi connectivity index (χ1n) is 10.5. The van der Waals surface area contributed by atoms with E-state index in [1.165, 1.54) is 12.1 Å². The summed E-state index contributed by atoms with van der Waals surface area (Å²) in [5.41, 5.74) is 2.07. The van der Waals surface area contributed by atoms with Crippen molar-refractivity contribution in [3.8, 4) is 0 Å². The second kappa shape index (κ2) is 9.70. The van der Waals surface area contributed by atoms with Crippen molar-refractivity contribution in [3.05, 3.63) is 60.0 Å². The average Bonchev–Trinajstić information content (AvgIpc) is 3.25. The van der Waals surface area contributed by atoms with Gasteiger partial charge < -0.3 is 9.64 Å². The zero-order chi connectivity index (χ0) is 21.6. The van der Waals surface area contributed by atoms with Crippen LogP contribution in [0.1, 0.15) is 29.6 Å². The van der Waals surface area contributed by atoms with Gasteiger partial charge in [0.2, 0.25) is 0 Å². The minimum Gasteiger partial charge on any atom is -0.449 e. The molecule has 1 aromatic heterocycles. The van der Waals surface area contributed by atoms with E-state index in [1.54, 1.807) is 30.5 Å². The highest BCUT2D eigenvalue weighted by molar-refractivity contribution is 5.97. The van der Waals surface area contributed by atoms with Crippen LogP contribution in [0.3, 0.4) is 0 Å². The van der Waals surface area contributed by atoms with Crippen molar-refractivity contribution in [1.29, 1.82) is 0 Å². The van der Waals surface area contributed by atoms with E-state index < -0.39 is 6.09 Å². The van der Waals surface area contributed by atoms with Gasteiger partial charge in [-0.3, -0.25) is 15.2 Å². The van der Waals surface area contributed by atoms with Crippen LogP contribution in [0.25, 0.3) is 10.9 Å². The summed E-state index contributed by atoms with van der Waals surface area (Å²) in [6, 6.07) is 11.2. The molecule has 2 aromatic carbocycles. The smallest absolute Gasteiger partial charge is 0.411 e. The first-order valence-corrected chi connectivity index (χ1v) is 10.5. The first-order chi connectivity index (χ1) is 15.1. The normalized spacial score (nSPS) is 15.1. The maximum absolute atomic E-state index is 13.0. The topological polar surface area (TPSA) is 87.3 Å². The Balaban J connectivity index is 1.13. The van der Waals surface area contributed by atoms with Crippen molar-refractivity contribution in [2.24, 2.45) is 5.92 Å². The lowest BCUT2D eigenvalue weighted by molar-refractivity contribution is 0.0830. The van der Waals surface area contributed by atoms with Crippen LogP contribution in [0, 0.1) is 11.7 Å². The fourth-order valence-corrected chi connectivity index (χ4v) is 3.89. The number of ether oxygens (including phenoxy) is 1. The Labute approximate surface area is 179 Å². The van der Waals surface area contributed by atoms with Crippen LogP contribution in [0.2, 0.25) is 0 Å². The fraction of sp³-hybridized carbons (Fsp3) is 0.348. The maximum Gasteiger partial charge on any atom is 0.411 e. The van der Waals surface area contributed by atoms with Crippen LogP contribution in [-0.4, -0.2) is 53.2 Å². The molecule has 0 radical (unpaired) electrons. The highest BCUT2D eigenvalue weighted by Crippen LogP contribution is 2.22. The maximum atomic E-state index is 13.0. The summed E-state index contributed by atoms with van der Waals surface area (Å²) < 4.78 is 18.3. The van der Waals surface area contributed by atoms with Crippen molar-refractivity contribution < 1.29 is 18.7 Å². The average molecular weight is 424 g/mol. The molecular formula is C23H25FN4O3. The lowest BCUT2D eigenvalue weighted by Crippen LogP contribution is -2.37. The van der Waals surface area contributed by atoms with Crippen LogP contribution in [0.15, 0.2) is 48.7 Å². The third-order valence-corrected chi connectivity index (χ3v) is 5.63. The van der Waals surface area contributed by atoms with Crippen molar-refractivity contribution in [2.45, 2.75) is 19.3 Å². The molecule has 31 heavy (non-hydrogen) atoms. The number of rotatable bonds is 7. The highest BCUT2D eigenvalue weighted by atomic mass is 19.1. The second-order valence-corrected chi connectivity index (χ2v) is 7.77. The van der Waals surface area contributed by atoms with Gasteiger partial charge in [-0.1, -0.05) is 0 Å². The molecule has 1 amide bonds. The Morgan fingerprint density at radius 1 is 1.16 bits per heavy atom. The molecule has 8 heteroatoms. The highest BCUT2D eigenvalue weighted by Gasteiger charge is 2.25. The number of piperidine rings is 1. The summed E-state index contributed by atoms with van der Waals surface area (Å²) >= 11 is 0. The molecule has 0 saturated carbocycles. The number of anilines is 1. The van der Waals surface area contributed by atoms with Crippen molar-refractivity contribution in [1.82, 2.24) is 15.1 Å². The third-order valence-electron chi connectivity index (χ3n) is 5.63. The Kier molecular flexibility index (Phi) is 6.57. The van der Waals surface area contributed by atoms with E-state index in [2.05, 4.69) is 20.4 Å². The van der Waals surface area contributed by atoms with E-state index >= 15 is 0 Å². The van der Waals surface area contributed by atoms with Gasteiger partial charge in [0.25, 0.3) is 0 Å². The quantitative estimate of drug-likeness (QED) is 0.438. The molecule has 2 heterocycles. The SMILES string of the molecule is O=C(Nc1ccc2cn[nH]c2c1)OCCCN1CCC(C(=O)c2ccc(F)cc2)CC1. The standard InChI is InChI=1S/C23H25FN4O3/c24-19-5-2-16(3-6-19)22(29)17-8-11-28(12-9-17)10-1-13-31-23(30)26-20-7-4-18-15-25-27-21(18)14-20/h2-7,14-15,17H,1,8-13H2,(H,25,27)(H,26,30). The van der Waals surface area contributed by atoms with Crippen molar-refractivity contribution in [2.75, 3.05) is 31.6 Å². The molecule has 0 bridgehead atoms. The molecule has 2 N–H and O–H groups in total. The van der Waals surface area contributed by atoms with Gasteiger partial charge in [-0.25, -0.2) is 9.18 Å². The van der Waals surface area contributed by atoms with Gasteiger partial charge in [-0.05, 0) is 74.8 Å². The monoisotopic (exact) mass is 424 g/mol. The zero-order valence-electron chi connectivity index (χ0n) is 17.1. The van der Waals surface area contributed by atoms with Crippen LogP contribution in [-0.2, 0) is 4.74 Å². The summed E-state index contributed by atoms with van der Waals surface area (Å²) in [6.45, 7) is 2.79. The number of ketones is 1. The number of carbonyl (C=O) groups excluding carboxylic acids is 2. The van der Waals surface area contributed by atoms with E-state index in [1.807, 2.05) is 6.07 Å². The van der Waals surface area contributed by atoms with Gasteiger partial charge in [0.15, 0.2) is 5.78 Å². The van der Waals surface area contributed by atoms with Crippen LogP contribution < -0.4 is 5.32 Å². The fourth-order valence-electron chi connectivity index (χ4n) is 3.89. The molecule has 0 unspecified atom stereocenters. The summed E-state index contributed by atoms with van der Waals surface area (Å²) in [7, 11) is 0. The van der Waals surface area contributed by atoms with Gasteiger partial charge >= 0.3 is 6.09 Å². The molecule has 162 valence electrons. The molecule has 1 aliphatic heterocycles. The molecular weight excluding hydrogens is 399 g/mol. The number of halogens is 1. The molecule has 0 atom stereocenters. The Bertz CT molecular complexity index is 1040. The van der Waals surface area contributed by atoms with Gasteiger partial charge in [0.05, 0.1) is 18.3 Å². The number of H-pyrrole nitrogens is 1. The number of aromatic nitrogens is 2. The van der Waals surface area contributed by atoms with Crippen LogP contribution in [0.4, 0.5) is 14.9 Å². The van der Waals surface area contributed by atoms with E-state index in [0.717, 1.165) is 49.8 Å². The number of benzene rings is 2. The number of nitrogens with zero attached hydrogens (tertiary/aromatic N) is 2. The molecule has 7 nitrogen and oxygen atoms in total. The molecule has 3 aromatic rings. The van der Waals surface area contributed by atoms with Gasteiger partial charge in [-0.2, -0.15) is 5.10 Å². The minimum atomic E-state index is -0.484. The number of fused-ring (bicyclic) bond motifs is 1. The number of carbonyl (C=O) groups is 2. The number of Topliss-reactive ketones (excluding diaryl/α,β-unsaturated/α-hetero) is 1. The molecule has 1 aliphatic rings. The van der Waals surface area contributed by atoms with E-state index in [9.17, 15) is 14.0 Å². The van der Waals surface area contributed by atoms with E-state index in [0.29, 0.717) is 17.9 Å². The van der Waals surface area contributed by atoms with Crippen molar-refractivity contribution in [3.63, 3.8) is 0 Å². The molecule has 0 aliphatic carbocycles. The number of hydrogen-bond donors (Lipinski definition) is 2. The number of aromatic amines is 1. The van der Waals surface area contributed by atoms with Crippen LogP contribution in [0.5, 0.6) is 0 Å². The number of nitrogens with one attached hydrogen (secondary N) is 2. The predicted octanol–water partition coefficient (Wildman–Crippen LogP) is 4.24. The van der Waals surface area contributed by atoms with Gasteiger partial charge in [0.1, 0.15) is 5.82 Å².